The summed E-state index contributed by atoms with van der Waals surface area (Å²) in [6.45, 7) is 0.924. The number of rotatable bonds is 3. The number of alkyl halides is 3. The molecule has 1 aliphatic heterocycles. The summed E-state index contributed by atoms with van der Waals surface area (Å²) in [6.07, 6.45) is -2.87. The summed E-state index contributed by atoms with van der Waals surface area (Å²) in [6, 6.07) is 2.83. The Hall–Kier alpha value is -1.96. The molecule has 8 heteroatoms. The molecule has 2 rings (SSSR count). The van der Waals surface area contributed by atoms with E-state index in [0.29, 0.717) is 18.8 Å². The summed E-state index contributed by atoms with van der Waals surface area (Å²) >= 11 is 0. The second kappa shape index (κ2) is 7.29. The molecule has 2 amide bonds. The molecule has 1 aromatic rings. The number of benzene rings is 1. The lowest BCUT2D eigenvalue weighted by atomic mass is 9.99. The van der Waals surface area contributed by atoms with Crippen LogP contribution in [0.25, 0.3) is 0 Å². The monoisotopic (exact) mass is 345 g/mol. The molecule has 1 aromatic carbocycles. The minimum absolute atomic E-state index is 0.00368. The first-order chi connectivity index (χ1) is 11.2. The molecule has 1 saturated heterocycles. The van der Waals surface area contributed by atoms with Crippen LogP contribution in [0, 0.1) is 5.92 Å². The Morgan fingerprint density at radius 3 is 2.71 bits per heavy atom. The summed E-state index contributed by atoms with van der Waals surface area (Å²) in [5.41, 5.74) is -0.201. The van der Waals surface area contributed by atoms with E-state index in [1.54, 1.807) is 19.0 Å². The number of aliphatic hydroxyl groups excluding tert-OH is 1. The minimum Gasteiger partial charge on any atom is -0.396 e. The van der Waals surface area contributed by atoms with Gasteiger partial charge in [-0.1, -0.05) is 0 Å². The molecular formula is C16H22F3N3O2. The number of nitrogens with zero attached hydrogens (tertiary/aromatic N) is 2. The first kappa shape index (κ1) is 18.4. The highest BCUT2D eigenvalue weighted by atomic mass is 19.4. The third-order valence-corrected chi connectivity index (χ3v) is 4.11. The van der Waals surface area contributed by atoms with Crippen molar-refractivity contribution in [3.63, 3.8) is 0 Å². The van der Waals surface area contributed by atoms with Crippen LogP contribution in [0.3, 0.4) is 0 Å². The zero-order valence-corrected chi connectivity index (χ0v) is 13.7. The van der Waals surface area contributed by atoms with E-state index in [2.05, 4.69) is 5.32 Å². The fourth-order valence-corrected chi connectivity index (χ4v) is 2.80. The second-order valence-electron chi connectivity index (χ2n) is 6.19. The van der Waals surface area contributed by atoms with Crippen molar-refractivity contribution in [2.75, 3.05) is 44.0 Å². The number of nitrogens with one attached hydrogen (secondary N) is 1. The van der Waals surface area contributed by atoms with E-state index >= 15 is 0 Å². The highest BCUT2D eigenvalue weighted by Gasteiger charge is 2.32. The van der Waals surface area contributed by atoms with Gasteiger partial charge in [0.25, 0.3) is 0 Å². The van der Waals surface area contributed by atoms with Crippen LogP contribution in [-0.2, 0) is 6.18 Å². The third-order valence-electron chi connectivity index (χ3n) is 4.11. The SMILES string of the molecule is CN(C)c1ccc(C(F)(F)F)cc1NC(=O)N1CCCC(CO)C1. The van der Waals surface area contributed by atoms with Crippen LogP contribution < -0.4 is 10.2 Å². The van der Waals surface area contributed by atoms with Crippen LogP contribution in [0.5, 0.6) is 0 Å². The largest absolute Gasteiger partial charge is 0.416 e. The van der Waals surface area contributed by atoms with Crippen molar-refractivity contribution in [2.45, 2.75) is 19.0 Å². The summed E-state index contributed by atoms with van der Waals surface area (Å²) in [5, 5.41) is 11.8. The summed E-state index contributed by atoms with van der Waals surface area (Å²) in [5.74, 6) is 0.0133. The van der Waals surface area contributed by atoms with Gasteiger partial charge >= 0.3 is 12.2 Å². The number of aliphatic hydroxyl groups is 1. The predicted molar refractivity (Wildman–Crippen MR) is 86.2 cm³/mol. The van der Waals surface area contributed by atoms with Crippen LogP contribution in [0.1, 0.15) is 18.4 Å². The lowest BCUT2D eigenvalue weighted by Gasteiger charge is -2.32. The molecule has 0 aromatic heterocycles. The van der Waals surface area contributed by atoms with E-state index in [-0.39, 0.29) is 18.2 Å². The number of anilines is 2. The van der Waals surface area contributed by atoms with Gasteiger partial charge < -0.3 is 20.2 Å². The molecule has 1 atom stereocenters. The molecule has 0 radical (unpaired) electrons. The van der Waals surface area contributed by atoms with Gasteiger partial charge in [-0.2, -0.15) is 13.2 Å². The van der Waals surface area contributed by atoms with Gasteiger partial charge in [0.15, 0.2) is 0 Å². The van der Waals surface area contributed by atoms with Crippen LogP contribution in [-0.4, -0.2) is 49.8 Å². The Morgan fingerprint density at radius 1 is 1.42 bits per heavy atom. The number of halogens is 3. The van der Waals surface area contributed by atoms with E-state index in [4.69, 9.17) is 0 Å². The lowest BCUT2D eigenvalue weighted by molar-refractivity contribution is -0.137. The van der Waals surface area contributed by atoms with E-state index in [0.717, 1.165) is 25.0 Å². The molecule has 24 heavy (non-hydrogen) atoms. The van der Waals surface area contributed by atoms with Gasteiger partial charge in [0.05, 0.1) is 16.9 Å². The number of likely N-dealkylation sites (tertiary alicyclic amines) is 1. The predicted octanol–water partition coefficient (Wildman–Crippen LogP) is 3.01. The first-order valence-electron chi connectivity index (χ1n) is 7.77. The number of carbonyl (C=O) groups is 1. The van der Waals surface area contributed by atoms with Crippen molar-refractivity contribution in [1.82, 2.24) is 4.90 Å². The van der Waals surface area contributed by atoms with E-state index < -0.39 is 17.8 Å². The van der Waals surface area contributed by atoms with Crippen molar-refractivity contribution in [3.05, 3.63) is 23.8 Å². The average molecular weight is 345 g/mol. The Balaban J connectivity index is 2.21. The number of amides is 2. The highest BCUT2D eigenvalue weighted by molar-refractivity contribution is 5.93. The molecule has 0 spiro atoms. The molecule has 1 heterocycles. The lowest BCUT2D eigenvalue weighted by Crippen LogP contribution is -2.43. The number of hydrogen-bond donors (Lipinski definition) is 2. The van der Waals surface area contributed by atoms with E-state index in [1.165, 1.54) is 11.0 Å². The van der Waals surface area contributed by atoms with Gasteiger partial charge in [0.2, 0.25) is 0 Å². The minimum atomic E-state index is -4.47. The first-order valence-corrected chi connectivity index (χ1v) is 7.77. The fraction of sp³-hybridized carbons (Fsp3) is 0.562. The van der Waals surface area contributed by atoms with Crippen molar-refractivity contribution in [3.8, 4) is 0 Å². The van der Waals surface area contributed by atoms with E-state index in [1.807, 2.05) is 0 Å². The van der Waals surface area contributed by atoms with E-state index in [9.17, 15) is 23.1 Å². The van der Waals surface area contributed by atoms with Crippen molar-refractivity contribution >= 4 is 17.4 Å². The van der Waals surface area contributed by atoms with Crippen LogP contribution >= 0.6 is 0 Å². The van der Waals surface area contributed by atoms with Gasteiger partial charge in [-0.3, -0.25) is 0 Å². The van der Waals surface area contributed by atoms with Crippen molar-refractivity contribution in [1.29, 1.82) is 0 Å². The smallest absolute Gasteiger partial charge is 0.396 e. The van der Waals surface area contributed by atoms with Gasteiger partial charge in [0, 0.05) is 33.8 Å². The molecular weight excluding hydrogens is 323 g/mol. The van der Waals surface area contributed by atoms with Crippen molar-refractivity contribution < 1.29 is 23.1 Å². The summed E-state index contributed by atoms with van der Waals surface area (Å²) in [7, 11) is 3.39. The van der Waals surface area contributed by atoms with Crippen LogP contribution in [0.2, 0.25) is 0 Å². The second-order valence-corrected chi connectivity index (χ2v) is 6.19. The molecule has 0 saturated carbocycles. The zero-order chi connectivity index (χ0) is 17.9. The van der Waals surface area contributed by atoms with Gasteiger partial charge in [0.1, 0.15) is 0 Å². The molecule has 1 unspecified atom stereocenters. The quantitative estimate of drug-likeness (QED) is 0.885. The Kier molecular flexibility index (Phi) is 5.58. The third kappa shape index (κ3) is 4.31. The van der Waals surface area contributed by atoms with Crippen LogP contribution in [0.4, 0.5) is 29.3 Å². The Bertz CT molecular complexity index is 590. The molecule has 2 N–H and O–H groups in total. The van der Waals surface area contributed by atoms with Crippen molar-refractivity contribution in [2.24, 2.45) is 5.92 Å². The number of hydrogen-bond acceptors (Lipinski definition) is 3. The molecule has 0 bridgehead atoms. The standard InChI is InChI=1S/C16H22F3N3O2/c1-21(2)14-6-5-12(16(17,18)19)8-13(14)20-15(24)22-7-3-4-11(9-22)10-23/h5-6,8,11,23H,3-4,7,9-10H2,1-2H3,(H,20,24). The fourth-order valence-electron chi connectivity index (χ4n) is 2.80. The average Bonchev–Trinajstić information content (AvgIpc) is 2.53. The maximum Gasteiger partial charge on any atom is 0.416 e. The number of carbonyl (C=O) groups excluding carboxylic acids is 1. The molecule has 1 fully saturated rings. The zero-order valence-electron chi connectivity index (χ0n) is 13.7. The molecule has 5 nitrogen and oxygen atoms in total. The molecule has 0 aliphatic carbocycles. The summed E-state index contributed by atoms with van der Waals surface area (Å²) in [4.78, 5) is 15.6. The maximum absolute atomic E-state index is 12.9. The summed E-state index contributed by atoms with van der Waals surface area (Å²) < 4.78 is 38.8. The molecule has 134 valence electrons. The van der Waals surface area contributed by atoms with Crippen LogP contribution in [0.15, 0.2) is 18.2 Å². The molecule has 1 aliphatic rings. The Morgan fingerprint density at radius 2 is 2.12 bits per heavy atom. The van der Waals surface area contributed by atoms with Gasteiger partial charge in [-0.15, -0.1) is 0 Å². The van der Waals surface area contributed by atoms with Gasteiger partial charge in [-0.05, 0) is 37.0 Å². The topological polar surface area (TPSA) is 55.8 Å². The Labute approximate surface area is 139 Å². The highest BCUT2D eigenvalue weighted by Crippen LogP contribution is 2.35. The number of piperidine rings is 1. The normalized spacial score (nSPS) is 18.4. The maximum atomic E-state index is 12.9. The van der Waals surface area contributed by atoms with Gasteiger partial charge in [-0.25, -0.2) is 4.79 Å². The number of urea groups is 1.